The molecule has 2 saturated heterocycles. The van der Waals surface area contributed by atoms with Crippen molar-refractivity contribution in [3.8, 4) is 0 Å². The van der Waals surface area contributed by atoms with Crippen LogP contribution < -0.4 is 5.32 Å². The van der Waals surface area contributed by atoms with Crippen molar-refractivity contribution in [3.05, 3.63) is 0 Å². The molecule has 2 unspecified atom stereocenters. The van der Waals surface area contributed by atoms with Crippen LogP contribution in [0, 0.1) is 11.8 Å². The van der Waals surface area contributed by atoms with Crippen LogP contribution in [0.2, 0.25) is 0 Å². The van der Waals surface area contributed by atoms with Gasteiger partial charge in [-0.1, -0.05) is 13.8 Å². The minimum Gasteiger partial charge on any atom is -0.378 e. The highest BCUT2D eigenvalue weighted by Crippen LogP contribution is 2.20. The predicted octanol–water partition coefficient (Wildman–Crippen LogP) is 2.66. The Kier molecular flexibility index (Phi) is 10.5. The van der Waals surface area contributed by atoms with Gasteiger partial charge in [0.2, 0.25) is 0 Å². The Hall–Kier alpha value is -0.0800. The maximum Gasteiger partial charge on any atom is 0.193 e. The monoisotopic (exact) mass is 452 g/mol. The lowest BCUT2D eigenvalue weighted by molar-refractivity contribution is 0.0263. The molecule has 2 heterocycles. The zero-order valence-electron chi connectivity index (χ0n) is 16.0. The summed E-state index contributed by atoms with van der Waals surface area (Å²) in [5.41, 5.74) is 0. The van der Waals surface area contributed by atoms with Crippen molar-refractivity contribution >= 4 is 29.9 Å². The third-order valence-corrected chi connectivity index (χ3v) is 5.01. The van der Waals surface area contributed by atoms with E-state index in [1.807, 2.05) is 7.05 Å². The molecule has 0 aromatic heterocycles. The van der Waals surface area contributed by atoms with Crippen LogP contribution in [0.3, 0.4) is 0 Å². The lowest BCUT2D eigenvalue weighted by atomic mass is 9.92. The van der Waals surface area contributed by atoms with Crippen molar-refractivity contribution in [3.63, 3.8) is 0 Å². The summed E-state index contributed by atoms with van der Waals surface area (Å²) in [6.07, 6.45) is 4.02. The number of hydrogen-bond donors (Lipinski definition) is 1. The summed E-state index contributed by atoms with van der Waals surface area (Å²) in [6.45, 7) is 14.3. The third-order valence-electron chi connectivity index (χ3n) is 5.01. The largest absolute Gasteiger partial charge is 0.378 e. The summed E-state index contributed by atoms with van der Waals surface area (Å²) in [5, 5.41) is 3.56. The number of nitrogens with one attached hydrogen (secondary N) is 1. The van der Waals surface area contributed by atoms with Crippen molar-refractivity contribution < 1.29 is 4.74 Å². The molecule has 2 rings (SSSR count). The van der Waals surface area contributed by atoms with Gasteiger partial charge in [0.25, 0.3) is 0 Å². The van der Waals surface area contributed by atoms with Crippen LogP contribution in [-0.4, -0.2) is 74.8 Å². The highest BCUT2D eigenvalue weighted by molar-refractivity contribution is 14.0. The molecular formula is C18H37IN4O. The molecule has 2 fully saturated rings. The molecule has 0 aliphatic carbocycles. The normalized spacial score (nSPS) is 27.0. The first-order valence-electron chi connectivity index (χ1n) is 9.41. The van der Waals surface area contributed by atoms with Gasteiger partial charge in [-0.05, 0) is 38.0 Å². The van der Waals surface area contributed by atoms with Gasteiger partial charge in [0.1, 0.15) is 0 Å². The number of guanidine groups is 1. The number of halogens is 1. The van der Waals surface area contributed by atoms with E-state index in [0.29, 0.717) is 6.10 Å². The van der Waals surface area contributed by atoms with Crippen molar-refractivity contribution in [2.45, 2.75) is 46.1 Å². The smallest absolute Gasteiger partial charge is 0.193 e. The first-order chi connectivity index (χ1) is 11.1. The number of hydrogen-bond acceptors (Lipinski definition) is 3. The molecule has 2 atom stereocenters. The van der Waals surface area contributed by atoms with E-state index in [2.05, 4.69) is 40.9 Å². The second kappa shape index (κ2) is 11.5. The molecule has 5 nitrogen and oxygen atoms in total. The van der Waals surface area contributed by atoms with Crippen LogP contribution in [0.5, 0.6) is 0 Å². The highest BCUT2D eigenvalue weighted by Gasteiger charge is 2.23. The van der Waals surface area contributed by atoms with E-state index in [-0.39, 0.29) is 24.0 Å². The molecule has 2 aliphatic heterocycles. The average molecular weight is 452 g/mol. The number of ether oxygens (including phenoxy) is 1. The summed E-state index contributed by atoms with van der Waals surface area (Å²) < 4.78 is 5.73. The van der Waals surface area contributed by atoms with Crippen molar-refractivity contribution in [2.75, 3.05) is 52.9 Å². The molecule has 2 aliphatic rings. The summed E-state index contributed by atoms with van der Waals surface area (Å²) in [5.74, 6) is 2.71. The molecule has 0 bridgehead atoms. The SMILES string of the molecule is CCOC1CCN(C(=NC)NCCN2CC(C)CC(C)C2)CC1.I. The molecule has 0 aromatic carbocycles. The Bertz CT molecular complexity index is 362. The number of nitrogens with zero attached hydrogens (tertiary/aromatic N) is 3. The second-order valence-electron chi connectivity index (χ2n) is 7.32. The standard InChI is InChI=1S/C18H36N4O.HI/c1-5-23-17-6-9-22(10-7-17)18(19-4)20-8-11-21-13-15(2)12-16(3)14-21;/h15-17H,5-14H2,1-4H3,(H,19,20);1H. The van der Waals surface area contributed by atoms with Crippen LogP contribution in [-0.2, 0) is 4.74 Å². The quantitative estimate of drug-likeness (QED) is 0.396. The van der Waals surface area contributed by atoms with Gasteiger partial charge < -0.3 is 19.9 Å². The fourth-order valence-corrected chi connectivity index (χ4v) is 4.10. The molecule has 0 aromatic rings. The summed E-state index contributed by atoms with van der Waals surface area (Å²) >= 11 is 0. The molecular weight excluding hydrogens is 415 g/mol. The van der Waals surface area contributed by atoms with Crippen LogP contribution in [0.1, 0.15) is 40.0 Å². The molecule has 24 heavy (non-hydrogen) atoms. The van der Waals surface area contributed by atoms with Crippen molar-refractivity contribution in [1.82, 2.24) is 15.1 Å². The van der Waals surface area contributed by atoms with Gasteiger partial charge in [-0.25, -0.2) is 0 Å². The van der Waals surface area contributed by atoms with Crippen LogP contribution in [0.15, 0.2) is 4.99 Å². The van der Waals surface area contributed by atoms with Crippen molar-refractivity contribution in [2.24, 2.45) is 16.8 Å². The van der Waals surface area contributed by atoms with E-state index in [1.165, 1.54) is 19.5 Å². The Morgan fingerprint density at radius 3 is 2.33 bits per heavy atom. The zero-order valence-corrected chi connectivity index (χ0v) is 18.3. The Morgan fingerprint density at radius 2 is 1.79 bits per heavy atom. The lowest BCUT2D eigenvalue weighted by Gasteiger charge is -2.36. The Morgan fingerprint density at radius 1 is 1.17 bits per heavy atom. The van der Waals surface area contributed by atoms with E-state index < -0.39 is 0 Å². The molecule has 0 amide bonds. The maximum absolute atomic E-state index is 5.73. The number of piperidine rings is 2. The minimum absolute atomic E-state index is 0. The summed E-state index contributed by atoms with van der Waals surface area (Å²) in [7, 11) is 1.89. The minimum atomic E-state index is 0. The van der Waals surface area contributed by atoms with Crippen molar-refractivity contribution in [1.29, 1.82) is 0 Å². The van der Waals surface area contributed by atoms with Gasteiger partial charge >= 0.3 is 0 Å². The molecule has 6 heteroatoms. The summed E-state index contributed by atoms with van der Waals surface area (Å²) in [4.78, 5) is 9.44. The number of aliphatic imine (C=N–C) groups is 1. The second-order valence-corrected chi connectivity index (χ2v) is 7.32. The van der Waals surface area contributed by atoms with E-state index in [1.54, 1.807) is 0 Å². The van der Waals surface area contributed by atoms with Gasteiger partial charge in [-0.3, -0.25) is 4.99 Å². The van der Waals surface area contributed by atoms with Crippen LogP contribution >= 0.6 is 24.0 Å². The molecule has 0 spiro atoms. The fraction of sp³-hybridized carbons (Fsp3) is 0.944. The van der Waals surface area contributed by atoms with E-state index in [4.69, 9.17) is 4.74 Å². The number of likely N-dealkylation sites (tertiary alicyclic amines) is 2. The third kappa shape index (κ3) is 7.04. The van der Waals surface area contributed by atoms with E-state index in [0.717, 1.165) is 63.4 Å². The molecule has 0 saturated carbocycles. The van der Waals surface area contributed by atoms with Gasteiger partial charge in [0.15, 0.2) is 5.96 Å². The van der Waals surface area contributed by atoms with Gasteiger partial charge in [-0.2, -0.15) is 0 Å². The zero-order chi connectivity index (χ0) is 16.7. The molecule has 1 N–H and O–H groups in total. The highest BCUT2D eigenvalue weighted by atomic mass is 127. The number of rotatable bonds is 5. The van der Waals surface area contributed by atoms with Crippen LogP contribution in [0.4, 0.5) is 0 Å². The summed E-state index contributed by atoms with van der Waals surface area (Å²) in [6, 6.07) is 0. The average Bonchev–Trinajstić information content (AvgIpc) is 2.52. The lowest BCUT2D eigenvalue weighted by Crippen LogP contribution is -2.49. The van der Waals surface area contributed by atoms with Gasteiger partial charge in [-0.15, -0.1) is 24.0 Å². The Balaban J connectivity index is 0.00000288. The first kappa shape index (κ1) is 22.0. The van der Waals surface area contributed by atoms with Crippen LogP contribution in [0.25, 0.3) is 0 Å². The topological polar surface area (TPSA) is 40.1 Å². The van der Waals surface area contributed by atoms with E-state index in [9.17, 15) is 0 Å². The first-order valence-corrected chi connectivity index (χ1v) is 9.41. The maximum atomic E-state index is 5.73. The fourth-order valence-electron chi connectivity index (χ4n) is 4.10. The van der Waals surface area contributed by atoms with Gasteiger partial charge in [0, 0.05) is 52.9 Å². The predicted molar refractivity (Wildman–Crippen MR) is 112 cm³/mol. The van der Waals surface area contributed by atoms with Gasteiger partial charge in [0.05, 0.1) is 6.10 Å². The molecule has 0 radical (unpaired) electrons. The Labute approximate surface area is 165 Å². The molecule has 142 valence electrons. The van der Waals surface area contributed by atoms with E-state index >= 15 is 0 Å².